The van der Waals surface area contributed by atoms with Gasteiger partial charge in [-0.15, -0.1) is 0 Å². The topological polar surface area (TPSA) is 231 Å². The number of carbonyl (C=O) groups excluding carboxylic acids is 4. The van der Waals surface area contributed by atoms with Crippen molar-refractivity contribution in [2.24, 2.45) is 29.6 Å². The van der Waals surface area contributed by atoms with Gasteiger partial charge in [0.15, 0.2) is 17.9 Å². The Kier molecular flexibility index (Phi) is 10.9. The summed E-state index contributed by atoms with van der Waals surface area (Å²) in [5.41, 5.74) is -3.03. The fourth-order valence-corrected chi connectivity index (χ4v) is 6.69. The maximum atomic E-state index is 13.8. The largest absolute Gasteiger partial charge is 0.507 e. The monoisotopic (exact) mass is 669 g/mol. The van der Waals surface area contributed by atoms with Gasteiger partial charge in [0.05, 0.1) is 59.3 Å². The minimum Gasteiger partial charge on any atom is -0.507 e. The summed E-state index contributed by atoms with van der Waals surface area (Å²) in [4.78, 5) is 53.9. The highest BCUT2D eigenvalue weighted by Gasteiger charge is 2.46. The molecule has 1 amide bonds. The van der Waals surface area contributed by atoms with Crippen LogP contribution in [-0.2, 0) is 9.53 Å². The van der Waals surface area contributed by atoms with Crippen molar-refractivity contribution in [3.63, 3.8) is 0 Å². The highest BCUT2D eigenvalue weighted by Crippen LogP contribution is 2.42. The molecule has 1 fully saturated rings. The second kappa shape index (κ2) is 14.2. The van der Waals surface area contributed by atoms with Gasteiger partial charge < -0.3 is 45.8 Å². The summed E-state index contributed by atoms with van der Waals surface area (Å²) in [5.74, 6) is -9.29. The Morgan fingerprint density at radius 1 is 0.792 bits per heavy atom. The van der Waals surface area contributed by atoms with Crippen molar-refractivity contribution in [1.82, 2.24) is 5.32 Å². The number of amides is 1. The number of allylic oxidation sites excluding steroid dienone is 5. The summed E-state index contributed by atoms with van der Waals surface area (Å²) in [7, 11) is 0. The average Bonchev–Trinajstić information content (AvgIpc) is 3.05. The number of ketones is 3. The van der Waals surface area contributed by atoms with E-state index in [4.69, 9.17) is 4.74 Å². The highest BCUT2D eigenvalue weighted by molar-refractivity contribution is 6.31. The number of aliphatic hydroxyl groups is 5. The van der Waals surface area contributed by atoms with Crippen molar-refractivity contribution >= 4 is 23.3 Å². The molecule has 4 aliphatic heterocycles. The number of ether oxygens (including phenoxy) is 1. The number of benzene rings is 1. The van der Waals surface area contributed by atoms with Gasteiger partial charge in [0, 0.05) is 40.9 Å². The van der Waals surface area contributed by atoms with Crippen LogP contribution in [0.2, 0.25) is 0 Å². The number of aliphatic hydroxyl groups excluding tert-OH is 5. The van der Waals surface area contributed by atoms with Crippen LogP contribution >= 0.6 is 0 Å². The van der Waals surface area contributed by atoms with Crippen molar-refractivity contribution in [1.29, 1.82) is 0 Å². The number of phenols is 2. The number of hydrogen-bond donors (Lipinski definition) is 8. The molecule has 8 N–H and O–H groups in total. The molecule has 1 saturated heterocycles. The van der Waals surface area contributed by atoms with Gasteiger partial charge in [-0.25, -0.2) is 0 Å². The number of hydrogen-bond acceptors (Lipinski definition) is 12. The first kappa shape index (κ1) is 36.8. The Balaban J connectivity index is 1.89. The third-order valence-corrected chi connectivity index (χ3v) is 9.88. The lowest BCUT2D eigenvalue weighted by Gasteiger charge is -2.45. The van der Waals surface area contributed by atoms with Crippen molar-refractivity contribution in [3.05, 3.63) is 69.5 Å². The lowest BCUT2D eigenvalue weighted by Crippen LogP contribution is -2.54. The van der Waals surface area contributed by atoms with Crippen LogP contribution in [0.4, 0.5) is 0 Å². The van der Waals surface area contributed by atoms with Gasteiger partial charge in [-0.2, -0.15) is 0 Å². The second-order valence-electron chi connectivity index (χ2n) is 13.0. The Morgan fingerprint density at radius 3 is 1.98 bits per heavy atom. The second-order valence-corrected chi connectivity index (χ2v) is 13.0. The molecule has 5 aliphatic rings. The Morgan fingerprint density at radius 2 is 1.38 bits per heavy atom. The van der Waals surface area contributed by atoms with Crippen LogP contribution in [-0.4, -0.2) is 96.3 Å². The number of nitrogens with one attached hydrogen (secondary N) is 1. The van der Waals surface area contributed by atoms with E-state index in [1.54, 1.807) is 33.8 Å². The third-order valence-electron chi connectivity index (χ3n) is 9.88. The lowest BCUT2D eigenvalue weighted by atomic mass is 9.75. The zero-order valence-electron chi connectivity index (χ0n) is 27.5. The molecular weight excluding hydrogens is 626 g/mol. The van der Waals surface area contributed by atoms with E-state index in [2.05, 4.69) is 5.32 Å². The molecule has 2 unspecified atom stereocenters. The minimum atomic E-state index is -1.64. The number of Topliss-reactive ketones (excluding diaryl/α,β-unsaturated/α-hetero) is 2. The van der Waals surface area contributed by atoms with E-state index in [0.717, 1.165) is 6.08 Å². The first-order valence-electron chi connectivity index (χ1n) is 15.7. The molecule has 0 spiro atoms. The van der Waals surface area contributed by atoms with E-state index in [1.165, 1.54) is 32.1 Å². The Labute approximate surface area is 277 Å². The van der Waals surface area contributed by atoms with E-state index >= 15 is 0 Å². The zero-order valence-corrected chi connectivity index (χ0v) is 27.5. The van der Waals surface area contributed by atoms with Crippen LogP contribution in [0, 0.1) is 36.5 Å². The molecule has 4 heterocycles. The fourth-order valence-electron chi connectivity index (χ4n) is 6.69. The quantitative estimate of drug-likeness (QED) is 0.212. The number of aromatic hydroxyl groups is 2. The molecule has 13 nitrogen and oxygen atoms in total. The smallest absolute Gasteiger partial charge is 0.254 e. The number of fused-ring (bicyclic) bond motifs is 1. The molecule has 0 saturated carbocycles. The van der Waals surface area contributed by atoms with Crippen molar-refractivity contribution in [2.75, 3.05) is 6.61 Å². The number of rotatable bonds is 1. The first-order valence-corrected chi connectivity index (χ1v) is 15.7. The van der Waals surface area contributed by atoms with Gasteiger partial charge in [-0.1, -0.05) is 52.0 Å². The van der Waals surface area contributed by atoms with Crippen molar-refractivity contribution < 1.29 is 59.7 Å². The minimum absolute atomic E-state index is 0.138. The molecule has 1 aromatic carbocycles. The van der Waals surface area contributed by atoms with Gasteiger partial charge in [-0.05, 0) is 19.4 Å². The van der Waals surface area contributed by atoms with E-state index in [9.17, 15) is 54.9 Å². The maximum absolute atomic E-state index is 13.8. The summed E-state index contributed by atoms with van der Waals surface area (Å²) in [6.07, 6.45) is 0.114. The molecule has 13 heteroatoms. The molecule has 260 valence electrons. The van der Waals surface area contributed by atoms with E-state index < -0.39 is 124 Å². The highest BCUT2D eigenvalue weighted by atomic mass is 16.6. The fraction of sp³-hybridized carbons (Fsp3) is 0.486. The standard InChI is InChI=1S/C35H43NO12/c1-13-8-7-9-19(12-37)34(46)36-21-11-22(38)23-24(30(43)16(4)31(44)25(23)32(21)45)27(40)14(2)10-20-29(42)18(6)33(48-35(20)47)17(5)28(41)15(3)26(13)39/h7-11,13,15,17-18,20,26,28-29,33,35,37,39,41-44,47H,12H2,1-6H3,(H,36,46)/t13-,15+,17+,18+,20?,26-,28+,29+,33-,35?/m0/s1. The third kappa shape index (κ3) is 6.53. The average molecular weight is 670 g/mol. The van der Waals surface area contributed by atoms with Crippen molar-refractivity contribution in [3.8, 4) is 11.5 Å². The van der Waals surface area contributed by atoms with Gasteiger partial charge in [-0.3, -0.25) is 19.2 Å². The predicted octanol–water partition coefficient (Wildman–Crippen LogP) is 1.36. The van der Waals surface area contributed by atoms with Crippen LogP contribution in [0.1, 0.15) is 71.3 Å². The molecule has 6 bridgehead atoms. The van der Waals surface area contributed by atoms with Gasteiger partial charge in [0.25, 0.3) is 5.91 Å². The van der Waals surface area contributed by atoms with E-state index in [0.29, 0.717) is 0 Å². The van der Waals surface area contributed by atoms with Gasteiger partial charge in [0.1, 0.15) is 11.5 Å². The number of carbonyl (C=O) groups is 4. The maximum Gasteiger partial charge on any atom is 0.254 e. The van der Waals surface area contributed by atoms with Crippen LogP contribution in [0.3, 0.4) is 0 Å². The van der Waals surface area contributed by atoms with Crippen LogP contribution in [0.15, 0.2) is 47.2 Å². The lowest BCUT2D eigenvalue weighted by molar-refractivity contribution is -0.254. The number of phenolic OH excluding ortho intramolecular Hbond substituents is 2. The molecule has 10 atom stereocenters. The Hall–Kier alpha value is -3.98. The summed E-state index contributed by atoms with van der Waals surface area (Å²) in [6, 6.07) is 0. The van der Waals surface area contributed by atoms with E-state index in [-0.39, 0.29) is 16.7 Å². The van der Waals surface area contributed by atoms with E-state index in [1.807, 2.05) is 0 Å². The normalized spacial score (nSPS) is 33.7. The predicted molar refractivity (Wildman–Crippen MR) is 171 cm³/mol. The molecule has 1 aromatic rings. The van der Waals surface area contributed by atoms with Crippen LogP contribution in [0.25, 0.3) is 0 Å². The summed E-state index contributed by atoms with van der Waals surface area (Å²) < 4.78 is 5.88. The molecule has 0 aromatic heterocycles. The molecule has 48 heavy (non-hydrogen) atoms. The van der Waals surface area contributed by atoms with Gasteiger partial charge >= 0.3 is 0 Å². The SMILES string of the molecule is CC1=CC2C(O)O[C@@H]([C@H](C)[C@H](O)[C@H](C)[C@@H](O)[C@@H](C)C=CC=C(CO)C(=O)NC3=CC(=O)c4c(c(O)c(C)c(O)c4C3=O)C1=O)[C@H](C)[C@H]2O. The van der Waals surface area contributed by atoms with Crippen LogP contribution in [0.5, 0.6) is 11.5 Å². The molecule has 0 radical (unpaired) electrons. The zero-order chi connectivity index (χ0) is 35.9. The van der Waals surface area contributed by atoms with Crippen molar-refractivity contribution in [2.45, 2.75) is 72.2 Å². The van der Waals surface area contributed by atoms with Crippen LogP contribution < -0.4 is 5.32 Å². The summed E-state index contributed by atoms with van der Waals surface area (Å²) >= 11 is 0. The summed E-state index contributed by atoms with van der Waals surface area (Å²) in [6.45, 7) is 8.38. The molecule has 1 aliphatic carbocycles. The summed E-state index contributed by atoms with van der Waals surface area (Å²) in [5, 5.41) is 78.5. The molecular formula is C35H43NO12. The Bertz CT molecular complexity index is 1640. The first-order chi connectivity index (χ1) is 22.4. The van der Waals surface area contributed by atoms with Gasteiger partial charge in [0.2, 0.25) is 5.78 Å². The molecule has 6 rings (SSSR count).